The minimum atomic E-state index is -0.716. The first-order chi connectivity index (χ1) is 10.6. The number of phenolic OH excluding ortho intramolecular Hbond substituents is 1. The summed E-state index contributed by atoms with van der Waals surface area (Å²) in [4.78, 5) is 16.1. The zero-order valence-electron chi connectivity index (χ0n) is 12.3. The van der Waals surface area contributed by atoms with Gasteiger partial charge in [0.1, 0.15) is 17.7 Å². The Labute approximate surface area is 128 Å². The lowest BCUT2D eigenvalue weighted by atomic mass is 10.1. The molecular weight excluding hydrogens is 282 g/mol. The number of aromatic hydroxyl groups is 1. The van der Waals surface area contributed by atoms with Crippen LogP contribution in [0.1, 0.15) is 19.4 Å². The van der Waals surface area contributed by atoms with Crippen LogP contribution in [-0.4, -0.2) is 23.5 Å². The van der Waals surface area contributed by atoms with E-state index in [0.29, 0.717) is 17.1 Å². The SMILES string of the molecule is CCOC(=O)C(C#N)=C1C=C(C)NC(c2ccccc2O)=N1. The molecular formula is C16H15N3O3. The highest BCUT2D eigenvalue weighted by atomic mass is 16.5. The maximum atomic E-state index is 11.8. The number of carbonyl (C=O) groups is 1. The molecule has 6 heteroatoms. The third-order valence-electron chi connectivity index (χ3n) is 2.91. The van der Waals surface area contributed by atoms with E-state index in [4.69, 9.17) is 4.74 Å². The van der Waals surface area contributed by atoms with Gasteiger partial charge >= 0.3 is 5.97 Å². The summed E-state index contributed by atoms with van der Waals surface area (Å²) < 4.78 is 4.86. The molecule has 0 amide bonds. The van der Waals surface area contributed by atoms with E-state index in [2.05, 4.69) is 10.3 Å². The molecule has 6 nitrogen and oxygen atoms in total. The van der Waals surface area contributed by atoms with E-state index in [1.54, 1.807) is 38.1 Å². The Bertz CT molecular complexity index is 739. The van der Waals surface area contributed by atoms with Gasteiger partial charge in [0.15, 0.2) is 5.57 Å². The Kier molecular flexibility index (Phi) is 4.59. The van der Waals surface area contributed by atoms with E-state index < -0.39 is 5.97 Å². The fraction of sp³-hybridized carbons (Fsp3) is 0.188. The Morgan fingerprint density at radius 1 is 1.45 bits per heavy atom. The summed E-state index contributed by atoms with van der Waals surface area (Å²) in [7, 11) is 0. The molecule has 0 spiro atoms. The predicted octanol–water partition coefficient (Wildman–Crippen LogP) is 1.99. The molecule has 0 saturated carbocycles. The van der Waals surface area contributed by atoms with Gasteiger partial charge in [-0.1, -0.05) is 12.1 Å². The molecule has 0 atom stereocenters. The molecule has 0 aromatic heterocycles. The lowest BCUT2D eigenvalue weighted by Crippen LogP contribution is -2.26. The van der Waals surface area contributed by atoms with Crippen molar-refractivity contribution in [2.75, 3.05) is 6.61 Å². The molecule has 2 N–H and O–H groups in total. The van der Waals surface area contributed by atoms with Crippen molar-refractivity contribution in [2.45, 2.75) is 13.8 Å². The Balaban J connectivity index is 2.52. The molecule has 0 saturated heterocycles. The van der Waals surface area contributed by atoms with Crippen LogP contribution in [0.3, 0.4) is 0 Å². The molecule has 1 heterocycles. The van der Waals surface area contributed by atoms with Crippen molar-refractivity contribution in [2.24, 2.45) is 4.99 Å². The first-order valence-electron chi connectivity index (χ1n) is 6.70. The summed E-state index contributed by atoms with van der Waals surface area (Å²) in [5.74, 6) is -0.297. The zero-order chi connectivity index (χ0) is 16.1. The summed E-state index contributed by atoms with van der Waals surface area (Å²) in [6.45, 7) is 3.61. The van der Waals surface area contributed by atoms with Gasteiger partial charge in [0.05, 0.1) is 17.9 Å². The van der Waals surface area contributed by atoms with E-state index in [1.165, 1.54) is 6.07 Å². The average molecular weight is 297 g/mol. The van der Waals surface area contributed by atoms with Crippen LogP contribution in [0.25, 0.3) is 0 Å². The van der Waals surface area contributed by atoms with E-state index >= 15 is 0 Å². The van der Waals surface area contributed by atoms with Gasteiger partial charge in [0.25, 0.3) is 0 Å². The van der Waals surface area contributed by atoms with Crippen LogP contribution in [0, 0.1) is 11.3 Å². The standard InChI is InChI=1S/C16H15N3O3/c1-3-22-16(21)12(9-17)13-8-10(2)18-15(19-13)11-6-4-5-7-14(11)20/h4-8,20H,3H2,1-2H3,(H,18,19). The lowest BCUT2D eigenvalue weighted by Gasteiger charge is -2.17. The van der Waals surface area contributed by atoms with Crippen LogP contribution in [0.2, 0.25) is 0 Å². The van der Waals surface area contributed by atoms with Crippen LogP contribution >= 0.6 is 0 Å². The number of phenols is 1. The second-order valence-electron chi connectivity index (χ2n) is 4.52. The third-order valence-corrected chi connectivity index (χ3v) is 2.91. The molecule has 0 unspecified atom stereocenters. The number of rotatable bonds is 3. The van der Waals surface area contributed by atoms with Gasteiger partial charge in [-0.25, -0.2) is 9.79 Å². The number of aliphatic imine (C=N–C) groups is 1. The fourth-order valence-electron chi connectivity index (χ4n) is 1.95. The van der Waals surface area contributed by atoms with Crippen molar-refractivity contribution < 1.29 is 14.6 Å². The topological polar surface area (TPSA) is 94.7 Å². The quantitative estimate of drug-likeness (QED) is 0.505. The van der Waals surface area contributed by atoms with Crippen molar-refractivity contribution in [3.8, 4) is 11.8 Å². The number of esters is 1. The Morgan fingerprint density at radius 3 is 2.82 bits per heavy atom. The van der Waals surface area contributed by atoms with Crippen molar-refractivity contribution in [1.82, 2.24) is 5.32 Å². The summed E-state index contributed by atoms with van der Waals surface area (Å²) in [6.07, 6.45) is 1.58. The Hall–Kier alpha value is -3.07. The number of hydrogen-bond donors (Lipinski definition) is 2. The Morgan fingerprint density at radius 2 is 2.18 bits per heavy atom. The zero-order valence-corrected chi connectivity index (χ0v) is 12.3. The second kappa shape index (κ2) is 6.59. The number of hydrogen-bond acceptors (Lipinski definition) is 6. The van der Waals surface area contributed by atoms with Crippen LogP contribution < -0.4 is 5.32 Å². The average Bonchev–Trinajstić information content (AvgIpc) is 2.48. The first kappa shape index (κ1) is 15.3. The molecule has 22 heavy (non-hydrogen) atoms. The molecule has 1 aliphatic heterocycles. The second-order valence-corrected chi connectivity index (χ2v) is 4.52. The van der Waals surface area contributed by atoms with Crippen LogP contribution in [0.15, 0.2) is 52.3 Å². The predicted molar refractivity (Wildman–Crippen MR) is 80.8 cm³/mol. The fourth-order valence-corrected chi connectivity index (χ4v) is 1.95. The number of allylic oxidation sites excluding steroid dienone is 2. The summed E-state index contributed by atoms with van der Waals surface area (Å²) >= 11 is 0. The highest BCUT2D eigenvalue weighted by Crippen LogP contribution is 2.22. The first-order valence-corrected chi connectivity index (χ1v) is 6.70. The number of benzene rings is 1. The van der Waals surface area contributed by atoms with Gasteiger partial charge < -0.3 is 15.2 Å². The van der Waals surface area contributed by atoms with Crippen molar-refractivity contribution in [1.29, 1.82) is 5.26 Å². The van der Waals surface area contributed by atoms with Gasteiger partial charge in [-0.15, -0.1) is 0 Å². The molecule has 0 bridgehead atoms. The van der Waals surface area contributed by atoms with Crippen LogP contribution in [-0.2, 0) is 9.53 Å². The highest BCUT2D eigenvalue weighted by molar-refractivity contribution is 6.04. The van der Waals surface area contributed by atoms with Crippen LogP contribution in [0.4, 0.5) is 0 Å². The lowest BCUT2D eigenvalue weighted by molar-refractivity contribution is -0.138. The van der Waals surface area contributed by atoms with Crippen molar-refractivity contribution in [3.63, 3.8) is 0 Å². The molecule has 2 rings (SSSR count). The number of ether oxygens (including phenoxy) is 1. The van der Waals surface area contributed by atoms with E-state index in [0.717, 1.165) is 0 Å². The maximum absolute atomic E-state index is 11.8. The minimum Gasteiger partial charge on any atom is -0.507 e. The largest absolute Gasteiger partial charge is 0.507 e. The number of amidine groups is 1. The normalized spacial score (nSPS) is 15.9. The molecule has 0 radical (unpaired) electrons. The van der Waals surface area contributed by atoms with Gasteiger partial charge in [-0.3, -0.25) is 0 Å². The van der Waals surface area contributed by atoms with E-state index in [-0.39, 0.29) is 23.6 Å². The smallest absolute Gasteiger partial charge is 0.351 e. The number of nitrogens with zero attached hydrogens (tertiary/aromatic N) is 2. The van der Waals surface area contributed by atoms with Crippen molar-refractivity contribution in [3.05, 3.63) is 52.9 Å². The van der Waals surface area contributed by atoms with Gasteiger partial charge in [-0.2, -0.15) is 5.26 Å². The highest BCUT2D eigenvalue weighted by Gasteiger charge is 2.20. The molecule has 0 fully saturated rings. The van der Waals surface area contributed by atoms with E-state index in [9.17, 15) is 15.2 Å². The molecule has 1 aromatic carbocycles. The summed E-state index contributed by atoms with van der Waals surface area (Å²) in [5.41, 5.74) is 1.21. The van der Waals surface area contributed by atoms with Gasteiger partial charge in [0, 0.05) is 5.70 Å². The summed E-state index contributed by atoms with van der Waals surface area (Å²) in [6, 6.07) is 8.50. The monoisotopic (exact) mass is 297 g/mol. The molecule has 112 valence electrons. The number of carbonyl (C=O) groups excluding carboxylic acids is 1. The van der Waals surface area contributed by atoms with Crippen LogP contribution in [0.5, 0.6) is 5.75 Å². The third kappa shape index (κ3) is 3.15. The van der Waals surface area contributed by atoms with E-state index in [1.807, 2.05) is 6.07 Å². The summed E-state index contributed by atoms with van der Waals surface area (Å²) in [5, 5.41) is 22.1. The van der Waals surface area contributed by atoms with Gasteiger partial charge in [-0.05, 0) is 32.1 Å². The molecule has 1 aromatic rings. The molecule has 1 aliphatic rings. The number of nitrogens with one attached hydrogen (secondary N) is 1. The minimum absolute atomic E-state index is 0.0532. The number of para-hydroxylation sites is 1. The van der Waals surface area contributed by atoms with Crippen molar-refractivity contribution >= 4 is 11.8 Å². The maximum Gasteiger partial charge on any atom is 0.351 e. The molecule has 0 aliphatic carbocycles. The number of nitriles is 1. The van der Waals surface area contributed by atoms with Gasteiger partial charge in [0.2, 0.25) is 0 Å².